The first-order valence-corrected chi connectivity index (χ1v) is 5.80. The van der Waals surface area contributed by atoms with Crippen LogP contribution in [0.2, 0.25) is 0 Å². The Morgan fingerprint density at radius 2 is 2.33 bits per heavy atom. The van der Waals surface area contributed by atoms with Crippen LogP contribution < -0.4 is 10.6 Å². The highest BCUT2D eigenvalue weighted by Gasteiger charge is 2.35. The van der Waals surface area contributed by atoms with Crippen molar-refractivity contribution in [3.8, 4) is 0 Å². The third-order valence-electron chi connectivity index (χ3n) is 3.07. The molecule has 0 bridgehead atoms. The monoisotopic (exact) mass is 270 g/mol. The van der Waals surface area contributed by atoms with Crippen LogP contribution in [0.1, 0.15) is 12.0 Å². The lowest BCUT2D eigenvalue weighted by Gasteiger charge is -2.38. The summed E-state index contributed by atoms with van der Waals surface area (Å²) in [5.74, 6) is 0. The molecule has 15 heavy (non-hydrogen) atoms. The van der Waals surface area contributed by atoms with E-state index in [9.17, 15) is 5.11 Å². The number of aliphatic hydroxyl groups is 1. The molecule has 0 aromatic heterocycles. The first kappa shape index (κ1) is 10.9. The van der Waals surface area contributed by atoms with Gasteiger partial charge in [-0.1, -0.05) is 15.9 Å². The van der Waals surface area contributed by atoms with Gasteiger partial charge in [-0.15, -0.1) is 0 Å². The van der Waals surface area contributed by atoms with Crippen molar-refractivity contribution < 1.29 is 5.11 Å². The Kier molecular flexibility index (Phi) is 2.75. The fourth-order valence-electron chi connectivity index (χ4n) is 2.03. The van der Waals surface area contributed by atoms with Crippen LogP contribution in [-0.2, 0) is 5.60 Å². The van der Waals surface area contributed by atoms with Gasteiger partial charge in [-0.3, -0.25) is 0 Å². The molecule has 0 radical (unpaired) electrons. The topological polar surface area (TPSA) is 49.5 Å². The molecule has 0 saturated heterocycles. The second-order valence-electron chi connectivity index (χ2n) is 4.07. The number of anilines is 1. The summed E-state index contributed by atoms with van der Waals surface area (Å²) in [7, 11) is 2.03. The van der Waals surface area contributed by atoms with Crippen molar-refractivity contribution in [2.24, 2.45) is 5.73 Å². The summed E-state index contributed by atoms with van der Waals surface area (Å²) >= 11 is 3.42. The normalized spacial score (nSPS) is 25.2. The third kappa shape index (κ3) is 1.77. The van der Waals surface area contributed by atoms with E-state index in [1.165, 1.54) is 0 Å². The fraction of sp³-hybridized carbons (Fsp3) is 0.455. The summed E-state index contributed by atoms with van der Waals surface area (Å²) in [5, 5.41) is 10.4. The van der Waals surface area contributed by atoms with Gasteiger partial charge in [0.25, 0.3) is 0 Å². The molecule has 0 fully saturated rings. The molecule has 1 unspecified atom stereocenters. The minimum absolute atomic E-state index is 0.268. The van der Waals surface area contributed by atoms with Crippen molar-refractivity contribution >= 4 is 21.6 Å². The van der Waals surface area contributed by atoms with Crippen molar-refractivity contribution in [1.29, 1.82) is 0 Å². The van der Waals surface area contributed by atoms with Crippen molar-refractivity contribution in [2.75, 3.05) is 25.0 Å². The van der Waals surface area contributed by atoms with Crippen molar-refractivity contribution in [3.63, 3.8) is 0 Å². The molecule has 2 rings (SSSR count). The average molecular weight is 271 g/mol. The molecule has 0 saturated carbocycles. The lowest BCUT2D eigenvalue weighted by molar-refractivity contribution is 0.0350. The summed E-state index contributed by atoms with van der Waals surface area (Å²) in [6.07, 6.45) is 0.684. The highest BCUT2D eigenvalue weighted by Crippen LogP contribution is 2.38. The Hall–Kier alpha value is -0.580. The van der Waals surface area contributed by atoms with Crippen LogP contribution >= 0.6 is 15.9 Å². The molecule has 1 aromatic carbocycles. The maximum Gasteiger partial charge on any atom is 0.105 e. The van der Waals surface area contributed by atoms with Gasteiger partial charge in [0.05, 0.1) is 0 Å². The Labute approximate surface area is 98.0 Å². The van der Waals surface area contributed by atoms with E-state index < -0.39 is 5.60 Å². The number of fused-ring (bicyclic) bond motifs is 1. The summed E-state index contributed by atoms with van der Waals surface area (Å²) in [6, 6.07) is 5.95. The summed E-state index contributed by atoms with van der Waals surface area (Å²) < 4.78 is 0.975. The molecular formula is C11H15BrN2O. The molecule has 82 valence electrons. The number of rotatable bonds is 1. The fourth-order valence-corrected chi connectivity index (χ4v) is 2.39. The maximum absolute atomic E-state index is 10.4. The molecule has 1 aliphatic heterocycles. The molecule has 3 N–H and O–H groups in total. The number of nitrogens with two attached hydrogens (primary N) is 1. The molecule has 1 aliphatic rings. The first-order chi connectivity index (χ1) is 7.07. The van der Waals surface area contributed by atoms with E-state index in [0.717, 1.165) is 22.3 Å². The van der Waals surface area contributed by atoms with Crippen molar-refractivity contribution in [1.82, 2.24) is 0 Å². The van der Waals surface area contributed by atoms with Crippen LogP contribution in [0.4, 0.5) is 5.69 Å². The highest BCUT2D eigenvalue weighted by molar-refractivity contribution is 9.10. The first-order valence-electron chi connectivity index (χ1n) is 5.00. The van der Waals surface area contributed by atoms with Gasteiger partial charge in [0, 0.05) is 35.9 Å². The van der Waals surface area contributed by atoms with Gasteiger partial charge in [0.15, 0.2) is 0 Å². The van der Waals surface area contributed by atoms with Crippen molar-refractivity contribution in [3.05, 3.63) is 28.2 Å². The number of benzene rings is 1. The number of halogens is 1. The van der Waals surface area contributed by atoms with Crippen LogP contribution in [0.15, 0.2) is 22.7 Å². The van der Waals surface area contributed by atoms with Gasteiger partial charge >= 0.3 is 0 Å². The zero-order valence-corrected chi connectivity index (χ0v) is 10.3. The van der Waals surface area contributed by atoms with Gasteiger partial charge in [-0.25, -0.2) is 0 Å². The Balaban J connectivity index is 2.56. The molecule has 0 aliphatic carbocycles. The van der Waals surface area contributed by atoms with Crippen LogP contribution in [0, 0.1) is 0 Å². The number of hydrogen-bond donors (Lipinski definition) is 2. The van der Waals surface area contributed by atoms with E-state index in [1.807, 2.05) is 25.2 Å². The van der Waals surface area contributed by atoms with Crippen LogP contribution in [0.5, 0.6) is 0 Å². The van der Waals surface area contributed by atoms with Crippen LogP contribution in [-0.4, -0.2) is 25.2 Å². The maximum atomic E-state index is 10.4. The molecular weight excluding hydrogens is 256 g/mol. The number of nitrogens with zero attached hydrogens (tertiary/aromatic N) is 1. The highest BCUT2D eigenvalue weighted by atomic mass is 79.9. The van der Waals surface area contributed by atoms with E-state index in [0.29, 0.717) is 6.42 Å². The van der Waals surface area contributed by atoms with E-state index in [4.69, 9.17) is 5.73 Å². The minimum Gasteiger partial charge on any atom is -0.384 e. The summed E-state index contributed by atoms with van der Waals surface area (Å²) in [6.45, 7) is 1.10. The van der Waals surface area contributed by atoms with E-state index in [2.05, 4.69) is 20.8 Å². The third-order valence-corrected chi connectivity index (χ3v) is 3.56. The Morgan fingerprint density at radius 1 is 1.60 bits per heavy atom. The molecule has 0 spiro atoms. The molecule has 1 heterocycles. The lowest BCUT2D eigenvalue weighted by atomic mass is 9.85. The van der Waals surface area contributed by atoms with Crippen molar-refractivity contribution in [2.45, 2.75) is 12.0 Å². The second-order valence-corrected chi connectivity index (χ2v) is 4.98. The SMILES string of the molecule is CN1CCC(O)(CN)c2cc(Br)ccc21. The van der Waals surface area contributed by atoms with E-state index in [-0.39, 0.29) is 6.54 Å². The molecule has 4 heteroatoms. The van der Waals surface area contributed by atoms with Gasteiger partial charge in [0.1, 0.15) is 5.60 Å². The largest absolute Gasteiger partial charge is 0.384 e. The second kappa shape index (κ2) is 3.77. The van der Waals surface area contributed by atoms with Gasteiger partial charge in [-0.2, -0.15) is 0 Å². The molecule has 1 atom stereocenters. The van der Waals surface area contributed by atoms with Gasteiger partial charge in [-0.05, 0) is 24.6 Å². The van der Waals surface area contributed by atoms with Gasteiger partial charge in [0.2, 0.25) is 0 Å². The number of hydrogen-bond acceptors (Lipinski definition) is 3. The van der Waals surface area contributed by atoms with Crippen LogP contribution in [0.3, 0.4) is 0 Å². The molecule has 3 nitrogen and oxygen atoms in total. The Bertz CT molecular complexity index is 383. The zero-order chi connectivity index (χ0) is 11.1. The van der Waals surface area contributed by atoms with Crippen LogP contribution in [0.25, 0.3) is 0 Å². The molecule has 1 aromatic rings. The molecule has 0 amide bonds. The average Bonchev–Trinajstić information content (AvgIpc) is 2.24. The van der Waals surface area contributed by atoms with Gasteiger partial charge < -0.3 is 15.7 Å². The predicted octanol–water partition coefficient (Wildman–Crippen LogP) is 1.44. The summed E-state index contributed by atoms with van der Waals surface area (Å²) in [5.41, 5.74) is 6.79. The minimum atomic E-state index is -0.869. The standard InChI is InChI=1S/C11H15BrN2O/c1-14-5-4-11(15,7-13)9-6-8(12)2-3-10(9)14/h2-3,6,15H,4-5,7,13H2,1H3. The Morgan fingerprint density at radius 3 is 3.00 bits per heavy atom. The smallest absolute Gasteiger partial charge is 0.105 e. The van der Waals surface area contributed by atoms with E-state index in [1.54, 1.807) is 0 Å². The quantitative estimate of drug-likeness (QED) is 0.812. The zero-order valence-electron chi connectivity index (χ0n) is 8.70. The van der Waals surface area contributed by atoms with E-state index >= 15 is 0 Å². The summed E-state index contributed by atoms with van der Waals surface area (Å²) in [4.78, 5) is 2.14. The predicted molar refractivity (Wildman–Crippen MR) is 65.0 cm³/mol. The lowest BCUT2D eigenvalue weighted by Crippen LogP contribution is -2.43.